The van der Waals surface area contributed by atoms with Crippen LogP contribution >= 0.6 is 11.8 Å². The first-order valence-electron chi connectivity index (χ1n) is 8.51. The van der Waals surface area contributed by atoms with E-state index in [2.05, 4.69) is 20.2 Å². The molecule has 1 amide bonds. The SMILES string of the molecule is CS(=O)(=O)Nc1ccc(-c2nnc(SCC(=O)Nc3cccc(C(F)(F)F)c3)o2)cc1. The van der Waals surface area contributed by atoms with Gasteiger partial charge in [0.1, 0.15) is 0 Å². The lowest BCUT2D eigenvalue weighted by molar-refractivity contribution is -0.137. The van der Waals surface area contributed by atoms with Gasteiger partial charge in [0, 0.05) is 16.9 Å². The number of thioether (sulfide) groups is 1. The van der Waals surface area contributed by atoms with Crippen molar-refractivity contribution in [2.45, 2.75) is 11.4 Å². The standard InChI is InChI=1S/C18H15F3N4O4S2/c1-31(27,28)25-13-7-5-11(6-8-13)16-23-24-17(29-16)30-10-15(26)22-14-4-2-3-12(9-14)18(19,20)21/h2-9,25H,10H2,1H3,(H,22,26). The summed E-state index contributed by atoms with van der Waals surface area (Å²) in [6, 6.07) is 10.5. The Bertz CT molecular complexity index is 1180. The molecule has 0 atom stereocenters. The molecular formula is C18H15F3N4O4S2. The lowest BCUT2D eigenvalue weighted by Gasteiger charge is -2.09. The minimum absolute atomic E-state index is 0.0226. The number of sulfonamides is 1. The van der Waals surface area contributed by atoms with E-state index >= 15 is 0 Å². The van der Waals surface area contributed by atoms with Crippen LogP contribution < -0.4 is 10.0 Å². The largest absolute Gasteiger partial charge is 0.416 e. The van der Waals surface area contributed by atoms with Crippen molar-refractivity contribution in [2.24, 2.45) is 0 Å². The van der Waals surface area contributed by atoms with E-state index in [1.807, 2.05) is 0 Å². The van der Waals surface area contributed by atoms with E-state index in [-0.39, 0.29) is 22.6 Å². The average Bonchev–Trinajstić information content (AvgIpc) is 3.14. The maximum atomic E-state index is 12.7. The van der Waals surface area contributed by atoms with Gasteiger partial charge >= 0.3 is 6.18 Å². The molecule has 0 aliphatic carbocycles. The van der Waals surface area contributed by atoms with Crippen molar-refractivity contribution in [3.05, 3.63) is 54.1 Å². The Hall–Kier alpha value is -3.06. The zero-order valence-electron chi connectivity index (χ0n) is 15.8. The second-order valence-electron chi connectivity index (χ2n) is 6.24. The van der Waals surface area contributed by atoms with Crippen LogP contribution in [-0.2, 0) is 21.0 Å². The minimum atomic E-state index is -4.51. The number of halogens is 3. The molecule has 0 unspecified atom stereocenters. The Balaban J connectivity index is 1.57. The monoisotopic (exact) mass is 472 g/mol. The Labute approximate surface area is 179 Å². The van der Waals surface area contributed by atoms with Gasteiger partial charge in [-0.15, -0.1) is 10.2 Å². The molecule has 0 spiro atoms. The average molecular weight is 472 g/mol. The van der Waals surface area contributed by atoms with Crippen molar-refractivity contribution in [1.29, 1.82) is 0 Å². The van der Waals surface area contributed by atoms with Gasteiger partial charge in [-0.05, 0) is 42.5 Å². The Morgan fingerprint density at radius 2 is 1.81 bits per heavy atom. The van der Waals surface area contributed by atoms with Crippen LogP contribution in [0.3, 0.4) is 0 Å². The summed E-state index contributed by atoms with van der Waals surface area (Å²) in [6.45, 7) is 0. The highest BCUT2D eigenvalue weighted by molar-refractivity contribution is 7.99. The number of nitrogens with one attached hydrogen (secondary N) is 2. The van der Waals surface area contributed by atoms with E-state index in [0.29, 0.717) is 11.3 Å². The summed E-state index contributed by atoms with van der Waals surface area (Å²) in [5.74, 6) is -0.540. The summed E-state index contributed by atoms with van der Waals surface area (Å²) in [6.07, 6.45) is -3.47. The summed E-state index contributed by atoms with van der Waals surface area (Å²) in [5, 5.41) is 10.1. The zero-order chi connectivity index (χ0) is 22.6. The van der Waals surface area contributed by atoms with Gasteiger partial charge in [0.05, 0.1) is 17.6 Å². The fourth-order valence-electron chi connectivity index (χ4n) is 2.38. The topological polar surface area (TPSA) is 114 Å². The first-order valence-corrected chi connectivity index (χ1v) is 11.4. The van der Waals surface area contributed by atoms with Crippen molar-refractivity contribution >= 4 is 39.1 Å². The molecule has 13 heteroatoms. The number of rotatable bonds is 7. The Morgan fingerprint density at radius 1 is 1.10 bits per heavy atom. The van der Waals surface area contributed by atoms with Crippen molar-refractivity contribution in [3.63, 3.8) is 0 Å². The molecule has 0 fully saturated rings. The van der Waals surface area contributed by atoms with Crippen LogP contribution in [0, 0.1) is 0 Å². The van der Waals surface area contributed by atoms with E-state index in [1.165, 1.54) is 24.3 Å². The molecule has 0 saturated heterocycles. The number of anilines is 2. The molecule has 0 aliphatic heterocycles. The molecule has 1 aromatic heterocycles. The lowest BCUT2D eigenvalue weighted by atomic mass is 10.2. The fourth-order valence-corrected chi connectivity index (χ4v) is 3.50. The second-order valence-corrected chi connectivity index (χ2v) is 8.92. The third-order valence-corrected chi connectivity index (χ3v) is 5.07. The van der Waals surface area contributed by atoms with Crippen LogP contribution in [0.4, 0.5) is 24.5 Å². The fraction of sp³-hybridized carbons (Fsp3) is 0.167. The highest BCUT2D eigenvalue weighted by Crippen LogP contribution is 2.31. The zero-order valence-corrected chi connectivity index (χ0v) is 17.4. The van der Waals surface area contributed by atoms with Crippen LogP contribution in [-0.4, -0.2) is 36.5 Å². The third-order valence-electron chi connectivity index (χ3n) is 3.64. The van der Waals surface area contributed by atoms with Crippen LogP contribution in [0.2, 0.25) is 0 Å². The van der Waals surface area contributed by atoms with Gasteiger partial charge in [-0.25, -0.2) is 8.42 Å². The Kier molecular flexibility index (Phi) is 6.55. The number of alkyl halides is 3. The van der Waals surface area contributed by atoms with Crippen molar-refractivity contribution in [1.82, 2.24) is 10.2 Å². The first-order chi connectivity index (χ1) is 14.5. The number of amides is 1. The molecule has 0 bridgehead atoms. The lowest BCUT2D eigenvalue weighted by Crippen LogP contribution is -2.15. The second kappa shape index (κ2) is 8.98. The van der Waals surface area contributed by atoms with Gasteiger partial charge in [0.25, 0.3) is 5.22 Å². The Morgan fingerprint density at radius 3 is 2.45 bits per heavy atom. The molecule has 164 valence electrons. The molecule has 0 saturated carbocycles. The molecule has 3 rings (SSSR count). The van der Waals surface area contributed by atoms with Gasteiger partial charge in [0.2, 0.25) is 21.8 Å². The van der Waals surface area contributed by atoms with Gasteiger partial charge < -0.3 is 9.73 Å². The summed E-state index contributed by atoms with van der Waals surface area (Å²) < 4.78 is 68.4. The smallest absolute Gasteiger partial charge is 0.411 e. The quantitative estimate of drug-likeness (QED) is 0.502. The van der Waals surface area contributed by atoms with Crippen LogP contribution in [0.25, 0.3) is 11.5 Å². The molecular weight excluding hydrogens is 457 g/mol. The summed E-state index contributed by atoms with van der Waals surface area (Å²) in [5.41, 5.74) is 0.0603. The number of nitrogens with zero attached hydrogens (tertiary/aromatic N) is 2. The number of aromatic nitrogens is 2. The predicted molar refractivity (Wildman–Crippen MR) is 109 cm³/mol. The highest BCUT2D eigenvalue weighted by Gasteiger charge is 2.30. The normalized spacial score (nSPS) is 11.9. The molecule has 2 aromatic carbocycles. The molecule has 3 aromatic rings. The molecule has 8 nitrogen and oxygen atoms in total. The molecule has 1 heterocycles. The van der Waals surface area contributed by atoms with Crippen molar-refractivity contribution in [2.75, 3.05) is 22.0 Å². The van der Waals surface area contributed by atoms with Crippen LogP contribution in [0.5, 0.6) is 0 Å². The van der Waals surface area contributed by atoms with Gasteiger partial charge in [-0.1, -0.05) is 17.8 Å². The van der Waals surface area contributed by atoms with Gasteiger partial charge in [0.15, 0.2) is 0 Å². The van der Waals surface area contributed by atoms with Gasteiger partial charge in [-0.3, -0.25) is 9.52 Å². The molecule has 2 N–H and O–H groups in total. The summed E-state index contributed by atoms with van der Waals surface area (Å²) >= 11 is 0.918. The van der Waals surface area contributed by atoms with E-state index < -0.39 is 27.7 Å². The van der Waals surface area contributed by atoms with E-state index in [4.69, 9.17) is 4.42 Å². The van der Waals surface area contributed by atoms with Gasteiger partial charge in [-0.2, -0.15) is 13.2 Å². The van der Waals surface area contributed by atoms with E-state index in [1.54, 1.807) is 12.1 Å². The predicted octanol–water partition coefficient (Wildman–Crippen LogP) is 3.86. The van der Waals surface area contributed by atoms with Crippen molar-refractivity contribution < 1.29 is 30.8 Å². The number of hydrogen-bond donors (Lipinski definition) is 2. The van der Waals surface area contributed by atoms with E-state index in [9.17, 15) is 26.4 Å². The first kappa shape index (κ1) is 22.6. The molecule has 0 aliphatic rings. The minimum Gasteiger partial charge on any atom is -0.411 e. The third kappa shape index (κ3) is 6.72. The number of benzene rings is 2. The molecule has 31 heavy (non-hydrogen) atoms. The molecule has 0 radical (unpaired) electrons. The van der Waals surface area contributed by atoms with Crippen LogP contribution in [0.15, 0.2) is 58.2 Å². The highest BCUT2D eigenvalue weighted by atomic mass is 32.2. The maximum Gasteiger partial charge on any atom is 0.416 e. The summed E-state index contributed by atoms with van der Waals surface area (Å²) in [4.78, 5) is 12.0. The van der Waals surface area contributed by atoms with Crippen LogP contribution in [0.1, 0.15) is 5.56 Å². The number of carbonyl (C=O) groups excluding carboxylic acids is 1. The number of carbonyl (C=O) groups is 1. The van der Waals surface area contributed by atoms with E-state index in [0.717, 1.165) is 30.2 Å². The summed E-state index contributed by atoms with van der Waals surface area (Å²) in [7, 11) is -3.40. The number of hydrogen-bond acceptors (Lipinski definition) is 7. The maximum absolute atomic E-state index is 12.7. The van der Waals surface area contributed by atoms with Crippen molar-refractivity contribution in [3.8, 4) is 11.5 Å².